The van der Waals surface area contributed by atoms with E-state index in [4.69, 9.17) is 18.2 Å². The molecule has 0 saturated carbocycles. The summed E-state index contributed by atoms with van der Waals surface area (Å²) < 4.78 is 0. The normalized spacial score (nSPS) is 11.8. The number of amides is 1. The van der Waals surface area contributed by atoms with Crippen molar-refractivity contribution in [2.75, 3.05) is 19.0 Å². The van der Waals surface area contributed by atoms with E-state index in [1.165, 1.54) is 0 Å². The molecule has 0 aromatic heterocycles. The third-order valence-corrected chi connectivity index (χ3v) is 1.78. The second-order valence-electron chi connectivity index (χ2n) is 2.54. The van der Waals surface area contributed by atoms with Gasteiger partial charge >= 0.3 is 0 Å². The van der Waals surface area contributed by atoms with Gasteiger partial charge in [-0.25, -0.2) is 6.57 Å². The minimum atomic E-state index is -0.142. The second kappa shape index (κ2) is 5.84. The summed E-state index contributed by atoms with van der Waals surface area (Å²) in [6.07, 6.45) is 0. The van der Waals surface area contributed by atoms with Gasteiger partial charge < -0.3 is 9.74 Å². The van der Waals surface area contributed by atoms with Crippen LogP contribution < -0.4 is 0 Å². The molecular formula is C8H13ClN2O. The average Bonchev–Trinajstić information content (AvgIpc) is 2.12. The fourth-order valence-electron chi connectivity index (χ4n) is 0.852. The maximum atomic E-state index is 11.1. The lowest BCUT2D eigenvalue weighted by molar-refractivity contribution is -0.128. The first-order chi connectivity index (χ1) is 5.65. The summed E-state index contributed by atoms with van der Waals surface area (Å²) in [6.45, 7) is 11.5. The Morgan fingerprint density at radius 3 is 2.67 bits per heavy atom. The molecule has 0 N–H and O–H groups in total. The van der Waals surface area contributed by atoms with Crippen molar-refractivity contribution in [2.24, 2.45) is 0 Å². The quantitative estimate of drug-likeness (QED) is 0.483. The number of carbonyl (C=O) groups excluding carboxylic acids is 1. The molecule has 0 heterocycles. The van der Waals surface area contributed by atoms with Crippen molar-refractivity contribution < 1.29 is 4.79 Å². The summed E-state index contributed by atoms with van der Waals surface area (Å²) >= 11 is 5.38. The lowest BCUT2D eigenvalue weighted by atomic mass is 10.3. The van der Waals surface area contributed by atoms with Crippen LogP contribution in [0.15, 0.2) is 0 Å². The van der Waals surface area contributed by atoms with Crippen LogP contribution in [0.2, 0.25) is 0 Å². The lowest BCUT2D eigenvalue weighted by Crippen LogP contribution is -2.36. The van der Waals surface area contributed by atoms with E-state index in [-0.39, 0.29) is 17.8 Å². The van der Waals surface area contributed by atoms with Crippen LogP contribution in [0.5, 0.6) is 0 Å². The molecule has 1 atom stereocenters. The molecule has 3 nitrogen and oxygen atoms in total. The minimum Gasteiger partial charge on any atom is -0.334 e. The highest BCUT2D eigenvalue weighted by Crippen LogP contribution is 1.97. The number of hydrogen-bond donors (Lipinski definition) is 0. The molecule has 0 rings (SSSR count). The largest absolute Gasteiger partial charge is 0.334 e. The van der Waals surface area contributed by atoms with Gasteiger partial charge in [0.2, 0.25) is 11.9 Å². The molecule has 0 bridgehead atoms. The number of alkyl halides is 1. The van der Waals surface area contributed by atoms with Crippen LogP contribution in [0.25, 0.3) is 4.85 Å². The van der Waals surface area contributed by atoms with Crippen LogP contribution >= 0.6 is 11.6 Å². The van der Waals surface area contributed by atoms with E-state index >= 15 is 0 Å². The zero-order valence-corrected chi connectivity index (χ0v) is 8.14. The Morgan fingerprint density at radius 2 is 2.33 bits per heavy atom. The highest BCUT2D eigenvalue weighted by atomic mass is 35.5. The van der Waals surface area contributed by atoms with Gasteiger partial charge in [-0.3, -0.25) is 4.79 Å². The zero-order valence-electron chi connectivity index (χ0n) is 7.38. The van der Waals surface area contributed by atoms with Crippen molar-refractivity contribution in [1.29, 1.82) is 0 Å². The molecule has 4 heteroatoms. The fraction of sp³-hybridized carbons (Fsp3) is 0.750. The predicted molar refractivity (Wildman–Crippen MR) is 49.0 cm³/mol. The van der Waals surface area contributed by atoms with Crippen LogP contribution in [0, 0.1) is 6.57 Å². The molecule has 12 heavy (non-hydrogen) atoms. The summed E-state index contributed by atoms with van der Waals surface area (Å²) in [5.41, 5.74) is 0. The van der Waals surface area contributed by atoms with Crippen LogP contribution in [0.3, 0.4) is 0 Å². The number of carbonyl (C=O) groups is 1. The van der Waals surface area contributed by atoms with E-state index in [0.29, 0.717) is 13.1 Å². The van der Waals surface area contributed by atoms with E-state index in [0.717, 1.165) is 0 Å². The molecule has 1 unspecified atom stereocenters. The number of halogens is 1. The van der Waals surface area contributed by atoms with E-state index in [2.05, 4.69) is 4.85 Å². The Kier molecular flexibility index (Phi) is 5.48. The van der Waals surface area contributed by atoms with E-state index in [1.807, 2.05) is 6.92 Å². The van der Waals surface area contributed by atoms with Gasteiger partial charge in [0.25, 0.3) is 0 Å². The fourth-order valence-corrected chi connectivity index (χ4v) is 1.02. The lowest BCUT2D eigenvalue weighted by Gasteiger charge is -2.18. The summed E-state index contributed by atoms with van der Waals surface area (Å²) in [5, 5.41) is 0. The van der Waals surface area contributed by atoms with Crippen molar-refractivity contribution in [3.63, 3.8) is 0 Å². The van der Waals surface area contributed by atoms with Crippen molar-refractivity contribution in [3.05, 3.63) is 11.4 Å². The molecule has 0 fully saturated rings. The van der Waals surface area contributed by atoms with E-state index in [1.54, 1.807) is 11.8 Å². The highest BCUT2D eigenvalue weighted by Gasteiger charge is 2.15. The third-order valence-electron chi connectivity index (χ3n) is 1.55. The Labute approximate surface area is 78.1 Å². The first-order valence-electron chi connectivity index (χ1n) is 3.86. The van der Waals surface area contributed by atoms with Crippen molar-refractivity contribution in [1.82, 2.24) is 4.90 Å². The summed E-state index contributed by atoms with van der Waals surface area (Å²) in [6, 6.07) is -0.142. The van der Waals surface area contributed by atoms with Gasteiger partial charge in [0.15, 0.2) is 0 Å². The number of likely N-dealkylation sites (N-methyl/N-ethyl adjacent to an activating group) is 1. The monoisotopic (exact) mass is 188 g/mol. The second-order valence-corrected chi connectivity index (χ2v) is 2.81. The van der Waals surface area contributed by atoms with Gasteiger partial charge in [0.1, 0.15) is 5.88 Å². The van der Waals surface area contributed by atoms with Crippen molar-refractivity contribution >= 4 is 17.5 Å². The Bertz CT molecular complexity index is 188. The van der Waals surface area contributed by atoms with Gasteiger partial charge in [-0.1, -0.05) is 0 Å². The maximum Gasteiger partial charge on any atom is 0.238 e. The summed E-state index contributed by atoms with van der Waals surface area (Å²) in [4.78, 5) is 16.0. The number of hydrogen-bond acceptors (Lipinski definition) is 1. The standard InChI is InChI=1S/C8H13ClN2O/c1-4-11(8(12)5-9)6-7(2)10-3/h7H,4-6H2,1-2H3. The molecule has 0 spiro atoms. The Morgan fingerprint density at radius 1 is 1.75 bits per heavy atom. The zero-order chi connectivity index (χ0) is 9.56. The molecule has 1 amide bonds. The SMILES string of the molecule is [C-]#[N+]C(C)CN(CC)C(=O)CCl. The molecular weight excluding hydrogens is 176 g/mol. The minimum absolute atomic E-state index is 0.00143. The smallest absolute Gasteiger partial charge is 0.238 e. The van der Waals surface area contributed by atoms with Gasteiger partial charge in [-0.15, -0.1) is 11.6 Å². The molecule has 68 valence electrons. The molecule has 0 aliphatic rings. The Hall–Kier alpha value is -0.750. The summed E-state index contributed by atoms with van der Waals surface area (Å²) in [5.74, 6) is -0.104. The number of rotatable bonds is 4. The van der Waals surface area contributed by atoms with Crippen molar-refractivity contribution in [3.8, 4) is 0 Å². The van der Waals surface area contributed by atoms with Crippen LogP contribution in [0.4, 0.5) is 0 Å². The first-order valence-corrected chi connectivity index (χ1v) is 4.39. The van der Waals surface area contributed by atoms with Crippen LogP contribution in [0.1, 0.15) is 13.8 Å². The van der Waals surface area contributed by atoms with E-state index < -0.39 is 0 Å². The average molecular weight is 189 g/mol. The molecule has 0 aromatic rings. The van der Waals surface area contributed by atoms with Gasteiger partial charge in [-0.05, 0) is 6.92 Å². The van der Waals surface area contributed by atoms with Crippen LogP contribution in [-0.4, -0.2) is 35.8 Å². The molecule has 0 aromatic carbocycles. The molecule has 0 aliphatic carbocycles. The van der Waals surface area contributed by atoms with Crippen molar-refractivity contribution in [2.45, 2.75) is 19.9 Å². The maximum absolute atomic E-state index is 11.1. The first kappa shape index (κ1) is 11.2. The molecule has 0 aliphatic heterocycles. The summed E-state index contributed by atoms with van der Waals surface area (Å²) in [7, 11) is 0. The van der Waals surface area contributed by atoms with E-state index in [9.17, 15) is 4.79 Å². The molecule has 0 saturated heterocycles. The molecule has 0 radical (unpaired) electrons. The van der Waals surface area contributed by atoms with Gasteiger partial charge in [0, 0.05) is 13.5 Å². The predicted octanol–water partition coefficient (Wildman–Crippen LogP) is 1.38. The Balaban J connectivity index is 4.01. The topological polar surface area (TPSA) is 24.7 Å². The third kappa shape index (κ3) is 3.59. The van der Waals surface area contributed by atoms with Crippen LogP contribution in [-0.2, 0) is 4.79 Å². The van der Waals surface area contributed by atoms with Gasteiger partial charge in [-0.2, -0.15) is 0 Å². The van der Waals surface area contributed by atoms with Gasteiger partial charge in [0.05, 0.1) is 6.54 Å². The number of nitrogens with zero attached hydrogens (tertiary/aromatic N) is 2. The highest BCUT2D eigenvalue weighted by molar-refractivity contribution is 6.27.